The summed E-state index contributed by atoms with van der Waals surface area (Å²) in [5.74, 6) is 1.67. The highest BCUT2D eigenvalue weighted by Crippen LogP contribution is 2.53. The molecule has 25 heavy (non-hydrogen) atoms. The fraction of sp³-hybridized carbons (Fsp3) is 0.400. The van der Waals surface area contributed by atoms with Gasteiger partial charge in [0.2, 0.25) is 5.79 Å². The van der Waals surface area contributed by atoms with Gasteiger partial charge < -0.3 is 23.7 Å². The molecule has 0 aliphatic carbocycles. The van der Waals surface area contributed by atoms with Crippen molar-refractivity contribution in [2.45, 2.75) is 18.3 Å². The molecular weight excluding hydrogens is 320 g/mol. The van der Waals surface area contributed by atoms with Gasteiger partial charge in [0.25, 0.3) is 0 Å². The molecule has 3 atom stereocenters. The molecule has 5 rings (SSSR count). The summed E-state index contributed by atoms with van der Waals surface area (Å²) >= 11 is 0. The van der Waals surface area contributed by atoms with E-state index in [1.165, 1.54) is 0 Å². The van der Waals surface area contributed by atoms with E-state index in [-0.39, 0.29) is 6.10 Å². The molecule has 2 aromatic carbocycles. The number of rotatable bonds is 2. The second-order valence-electron chi connectivity index (χ2n) is 6.67. The minimum atomic E-state index is -0.952. The monoisotopic (exact) mass is 340 g/mol. The van der Waals surface area contributed by atoms with Gasteiger partial charge in [-0.1, -0.05) is 12.1 Å². The van der Waals surface area contributed by atoms with Crippen molar-refractivity contribution in [3.8, 4) is 17.2 Å². The van der Waals surface area contributed by atoms with Crippen molar-refractivity contribution in [3.63, 3.8) is 0 Å². The average Bonchev–Trinajstić information content (AvgIpc) is 3.32. The Kier molecular flexibility index (Phi) is 3.48. The van der Waals surface area contributed by atoms with E-state index in [1.54, 1.807) is 7.11 Å². The lowest BCUT2D eigenvalue weighted by molar-refractivity contribution is -0.153. The third-order valence-corrected chi connectivity index (χ3v) is 5.26. The summed E-state index contributed by atoms with van der Waals surface area (Å²) in [6.45, 7) is 2.06. The Hall–Kier alpha value is -2.08. The highest BCUT2D eigenvalue weighted by atomic mass is 16.7. The molecule has 5 heteroatoms. The van der Waals surface area contributed by atoms with Crippen molar-refractivity contribution in [1.82, 2.24) is 0 Å². The van der Waals surface area contributed by atoms with Gasteiger partial charge in [-0.2, -0.15) is 0 Å². The predicted octanol–water partition coefficient (Wildman–Crippen LogP) is 3.45. The van der Waals surface area contributed by atoms with Crippen LogP contribution >= 0.6 is 0 Å². The summed E-state index contributed by atoms with van der Waals surface area (Å²) < 4.78 is 30.0. The van der Waals surface area contributed by atoms with Crippen molar-refractivity contribution in [2.24, 2.45) is 5.92 Å². The Morgan fingerprint density at radius 1 is 1.04 bits per heavy atom. The van der Waals surface area contributed by atoms with E-state index in [9.17, 15) is 0 Å². The standard InChI is InChI=1S/C20H20O5/c1-21-14-6-7-18-16(10-14)20(15-4-2-3-5-17(15)24-18)23-12-19(25-20)13-8-9-22-11-13/h2-7,10,13,19H,8-9,11-12H2,1H3. The molecule has 3 aliphatic heterocycles. The molecule has 3 aliphatic rings. The SMILES string of the molecule is COc1ccc2c(c1)C1(OCC(C3CCOC3)O1)c1ccccc1O2. The van der Waals surface area contributed by atoms with E-state index in [2.05, 4.69) is 0 Å². The largest absolute Gasteiger partial charge is 0.497 e. The molecule has 0 bridgehead atoms. The summed E-state index contributed by atoms with van der Waals surface area (Å²) in [5, 5.41) is 0. The summed E-state index contributed by atoms with van der Waals surface area (Å²) in [6.07, 6.45) is 1.01. The Bertz CT molecular complexity index is 798. The second kappa shape index (κ2) is 5.73. The fourth-order valence-electron chi connectivity index (χ4n) is 3.91. The van der Waals surface area contributed by atoms with Gasteiger partial charge in [-0.15, -0.1) is 0 Å². The zero-order chi connectivity index (χ0) is 16.9. The Morgan fingerprint density at radius 2 is 1.92 bits per heavy atom. The van der Waals surface area contributed by atoms with Gasteiger partial charge in [0.05, 0.1) is 37.6 Å². The molecule has 2 fully saturated rings. The van der Waals surface area contributed by atoms with Crippen LogP contribution in [0.4, 0.5) is 0 Å². The third-order valence-electron chi connectivity index (χ3n) is 5.26. The summed E-state index contributed by atoms with van der Waals surface area (Å²) in [4.78, 5) is 0. The van der Waals surface area contributed by atoms with Crippen LogP contribution in [0, 0.1) is 5.92 Å². The molecule has 130 valence electrons. The van der Waals surface area contributed by atoms with Crippen molar-refractivity contribution in [2.75, 3.05) is 26.9 Å². The number of hydrogen-bond acceptors (Lipinski definition) is 5. The van der Waals surface area contributed by atoms with Crippen molar-refractivity contribution in [3.05, 3.63) is 53.6 Å². The molecule has 0 radical (unpaired) electrons. The van der Waals surface area contributed by atoms with Crippen LogP contribution in [-0.4, -0.2) is 33.0 Å². The Balaban J connectivity index is 1.63. The first-order valence-electron chi connectivity index (χ1n) is 8.65. The molecular formula is C20H20O5. The van der Waals surface area contributed by atoms with Crippen LogP contribution in [0.1, 0.15) is 17.5 Å². The first kappa shape index (κ1) is 15.2. The molecule has 0 amide bonds. The van der Waals surface area contributed by atoms with E-state index in [4.69, 9.17) is 23.7 Å². The molecule has 0 saturated carbocycles. The fourth-order valence-corrected chi connectivity index (χ4v) is 3.91. The summed E-state index contributed by atoms with van der Waals surface area (Å²) in [6, 6.07) is 13.6. The van der Waals surface area contributed by atoms with Gasteiger partial charge in [0.1, 0.15) is 17.2 Å². The van der Waals surface area contributed by atoms with Crippen molar-refractivity contribution in [1.29, 1.82) is 0 Å². The summed E-state index contributed by atoms with van der Waals surface area (Å²) in [5.41, 5.74) is 1.75. The summed E-state index contributed by atoms with van der Waals surface area (Å²) in [7, 11) is 1.65. The maximum Gasteiger partial charge on any atom is 0.230 e. The highest BCUT2D eigenvalue weighted by Gasteiger charge is 2.52. The van der Waals surface area contributed by atoms with Crippen LogP contribution in [0.2, 0.25) is 0 Å². The lowest BCUT2D eigenvalue weighted by atomic mass is 9.92. The molecule has 2 aromatic rings. The van der Waals surface area contributed by atoms with Crippen molar-refractivity contribution < 1.29 is 23.7 Å². The number of benzene rings is 2. The first-order chi connectivity index (χ1) is 12.3. The van der Waals surface area contributed by atoms with Crippen LogP contribution in [0.15, 0.2) is 42.5 Å². The molecule has 3 heterocycles. The van der Waals surface area contributed by atoms with Gasteiger partial charge in [-0.25, -0.2) is 0 Å². The number of hydrogen-bond donors (Lipinski definition) is 0. The zero-order valence-corrected chi connectivity index (χ0v) is 14.1. The topological polar surface area (TPSA) is 46.2 Å². The maximum absolute atomic E-state index is 6.59. The smallest absolute Gasteiger partial charge is 0.230 e. The van der Waals surface area contributed by atoms with Gasteiger partial charge in [-0.05, 0) is 36.8 Å². The molecule has 2 saturated heterocycles. The quantitative estimate of drug-likeness (QED) is 0.838. The van der Waals surface area contributed by atoms with Gasteiger partial charge in [-0.3, -0.25) is 0 Å². The normalized spacial score (nSPS) is 30.0. The molecule has 0 aromatic heterocycles. The number of fused-ring (bicyclic) bond motifs is 4. The molecule has 5 nitrogen and oxygen atoms in total. The van der Waals surface area contributed by atoms with Crippen LogP contribution < -0.4 is 9.47 Å². The number of methoxy groups -OCH3 is 1. The van der Waals surface area contributed by atoms with E-state index in [0.29, 0.717) is 12.5 Å². The van der Waals surface area contributed by atoms with Gasteiger partial charge in [0.15, 0.2) is 0 Å². The number of ether oxygens (including phenoxy) is 5. The predicted molar refractivity (Wildman–Crippen MR) is 90.0 cm³/mol. The number of para-hydroxylation sites is 1. The van der Waals surface area contributed by atoms with Crippen LogP contribution in [0.25, 0.3) is 0 Å². The molecule has 0 N–H and O–H groups in total. The molecule has 3 unspecified atom stereocenters. The molecule has 1 spiro atoms. The third kappa shape index (κ3) is 2.27. The van der Waals surface area contributed by atoms with E-state index >= 15 is 0 Å². The zero-order valence-electron chi connectivity index (χ0n) is 14.1. The van der Waals surface area contributed by atoms with E-state index < -0.39 is 5.79 Å². The average molecular weight is 340 g/mol. The minimum Gasteiger partial charge on any atom is -0.497 e. The van der Waals surface area contributed by atoms with E-state index in [1.807, 2.05) is 42.5 Å². The maximum atomic E-state index is 6.59. The van der Waals surface area contributed by atoms with Gasteiger partial charge >= 0.3 is 0 Å². The van der Waals surface area contributed by atoms with Gasteiger partial charge in [0, 0.05) is 12.5 Å². The lowest BCUT2D eigenvalue weighted by Gasteiger charge is -2.36. The first-order valence-corrected chi connectivity index (χ1v) is 8.65. The van der Waals surface area contributed by atoms with E-state index in [0.717, 1.165) is 48.0 Å². The van der Waals surface area contributed by atoms with Crippen LogP contribution in [-0.2, 0) is 20.0 Å². The van der Waals surface area contributed by atoms with Crippen molar-refractivity contribution >= 4 is 0 Å². The highest BCUT2D eigenvalue weighted by molar-refractivity contribution is 5.56. The lowest BCUT2D eigenvalue weighted by Crippen LogP contribution is -2.34. The minimum absolute atomic E-state index is 0.00714. The second-order valence-corrected chi connectivity index (χ2v) is 6.67. The van der Waals surface area contributed by atoms with Crippen LogP contribution in [0.3, 0.4) is 0 Å². The Morgan fingerprint density at radius 3 is 2.76 bits per heavy atom. The van der Waals surface area contributed by atoms with Crippen LogP contribution in [0.5, 0.6) is 17.2 Å². The Labute approximate surface area is 146 Å².